The van der Waals surface area contributed by atoms with Gasteiger partial charge in [-0.15, -0.1) is 0 Å². The molecule has 0 atom stereocenters. The minimum absolute atomic E-state index is 0.101. The number of nitrogen functional groups attached to an aromatic ring is 1. The van der Waals surface area contributed by atoms with Crippen LogP contribution in [0.3, 0.4) is 0 Å². The fourth-order valence-corrected chi connectivity index (χ4v) is 2.81. The highest BCUT2D eigenvalue weighted by Crippen LogP contribution is 2.31. The highest BCUT2D eigenvalue weighted by molar-refractivity contribution is 5.80. The molecule has 7 heteroatoms. The van der Waals surface area contributed by atoms with Crippen LogP contribution in [0.15, 0.2) is 60.8 Å². The van der Waals surface area contributed by atoms with Gasteiger partial charge in [-0.1, -0.05) is 42.5 Å². The first kappa shape index (κ1) is 17.7. The van der Waals surface area contributed by atoms with Crippen molar-refractivity contribution in [2.45, 2.75) is 13.5 Å². The molecule has 0 unspecified atom stereocenters. The van der Waals surface area contributed by atoms with Crippen LogP contribution in [0.1, 0.15) is 12.5 Å². The first-order valence-corrected chi connectivity index (χ1v) is 8.94. The van der Waals surface area contributed by atoms with Gasteiger partial charge < -0.3 is 15.2 Å². The minimum Gasteiger partial charge on any atom is -0.488 e. The SMILES string of the molecule is CCOc1nc(N)nc2ncc(-c3ccccc3OCc3ccccc3)nc12. The number of nitrogens with two attached hydrogens (primary N) is 1. The Morgan fingerprint density at radius 2 is 1.68 bits per heavy atom. The van der Waals surface area contributed by atoms with Crippen molar-refractivity contribution < 1.29 is 9.47 Å². The molecule has 0 aliphatic carbocycles. The first-order chi connectivity index (χ1) is 13.7. The molecule has 0 aliphatic heterocycles. The van der Waals surface area contributed by atoms with Gasteiger partial charge >= 0.3 is 0 Å². The molecule has 0 aliphatic rings. The van der Waals surface area contributed by atoms with Crippen molar-refractivity contribution in [1.29, 1.82) is 0 Å². The molecule has 0 radical (unpaired) electrons. The summed E-state index contributed by atoms with van der Waals surface area (Å²) in [4.78, 5) is 17.3. The van der Waals surface area contributed by atoms with Crippen molar-refractivity contribution in [1.82, 2.24) is 19.9 Å². The molecule has 4 aromatic rings. The first-order valence-electron chi connectivity index (χ1n) is 8.94. The summed E-state index contributed by atoms with van der Waals surface area (Å²) in [5.41, 5.74) is 9.15. The lowest BCUT2D eigenvalue weighted by Gasteiger charge is -2.12. The van der Waals surface area contributed by atoms with E-state index in [1.807, 2.05) is 61.5 Å². The van der Waals surface area contributed by atoms with E-state index in [4.69, 9.17) is 15.2 Å². The van der Waals surface area contributed by atoms with E-state index in [0.717, 1.165) is 11.1 Å². The zero-order valence-corrected chi connectivity index (χ0v) is 15.4. The van der Waals surface area contributed by atoms with Gasteiger partial charge in [0.1, 0.15) is 12.4 Å². The second-order valence-electron chi connectivity index (χ2n) is 6.02. The third-order valence-electron chi connectivity index (χ3n) is 4.07. The molecule has 0 saturated heterocycles. The van der Waals surface area contributed by atoms with E-state index in [0.29, 0.717) is 41.7 Å². The largest absolute Gasteiger partial charge is 0.488 e. The molecule has 140 valence electrons. The van der Waals surface area contributed by atoms with Crippen LogP contribution >= 0.6 is 0 Å². The van der Waals surface area contributed by atoms with E-state index in [2.05, 4.69) is 19.9 Å². The maximum Gasteiger partial charge on any atom is 0.247 e. The second kappa shape index (κ2) is 7.87. The lowest BCUT2D eigenvalue weighted by atomic mass is 10.1. The highest BCUT2D eigenvalue weighted by atomic mass is 16.5. The minimum atomic E-state index is 0.101. The summed E-state index contributed by atoms with van der Waals surface area (Å²) >= 11 is 0. The highest BCUT2D eigenvalue weighted by Gasteiger charge is 2.14. The monoisotopic (exact) mass is 373 g/mol. The third-order valence-corrected chi connectivity index (χ3v) is 4.07. The standard InChI is InChI=1S/C21H19N5O2/c1-2-27-20-18-19(25-21(22)26-20)23-12-16(24-18)15-10-6-7-11-17(15)28-13-14-8-4-3-5-9-14/h3-12H,2,13H2,1H3,(H2,22,23,25,26). The van der Waals surface area contributed by atoms with Gasteiger partial charge in [-0.25, -0.2) is 9.97 Å². The van der Waals surface area contributed by atoms with Gasteiger partial charge in [0.25, 0.3) is 0 Å². The van der Waals surface area contributed by atoms with Gasteiger partial charge in [0.05, 0.1) is 18.5 Å². The van der Waals surface area contributed by atoms with Crippen LogP contribution in [0.4, 0.5) is 5.95 Å². The molecular weight excluding hydrogens is 354 g/mol. The number of rotatable bonds is 6. The van der Waals surface area contributed by atoms with Gasteiger partial charge in [0.2, 0.25) is 11.8 Å². The Hall–Kier alpha value is -3.74. The lowest BCUT2D eigenvalue weighted by molar-refractivity contribution is 0.307. The number of aromatic nitrogens is 4. The van der Waals surface area contributed by atoms with Crippen molar-refractivity contribution in [3.8, 4) is 22.9 Å². The normalized spacial score (nSPS) is 10.8. The van der Waals surface area contributed by atoms with Gasteiger partial charge in [-0.05, 0) is 24.6 Å². The number of para-hydroxylation sites is 1. The van der Waals surface area contributed by atoms with E-state index in [-0.39, 0.29) is 5.95 Å². The Bertz CT molecular complexity index is 1100. The number of hydrogen-bond acceptors (Lipinski definition) is 7. The number of nitrogens with zero attached hydrogens (tertiary/aromatic N) is 4. The van der Waals surface area contributed by atoms with Crippen molar-refractivity contribution in [2.75, 3.05) is 12.3 Å². The smallest absolute Gasteiger partial charge is 0.247 e. The topological polar surface area (TPSA) is 96.0 Å². The maximum atomic E-state index is 6.04. The number of hydrogen-bond donors (Lipinski definition) is 1. The Morgan fingerprint density at radius 1 is 0.893 bits per heavy atom. The molecule has 0 amide bonds. The summed E-state index contributed by atoms with van der Waals surface area (Å²) in [5, 5.41) is 0. The molecule has 2 aromatic carbocycles. The van der Waals surface area contributed by atoms with E-state index >= 15 is 0 Å². The van der Waals surface area contributed by atoms with Crippen LogP contribution in [-0.4, -0.2) is 26.5 Å². The summed E-state index contributed by atoms with van der Waals surface area (Å²) in [5.74, 6) is 1.14. The van der Waals surface area contributed by atoms with Gasteiger partial charge in [0.15, 0.2) is 11.2 Å². The van der Waals surface area contributed by atoms with Crippen LogP contribution in [0.2, 0.25) is 0 Å². The molecule has 0 bridgehead atoms. The van der Waals surface area contributed by atoms with Gasteiger partial charge in [-0.2, -0.15) is 9.97 Å². The zero-order valence-electron chi connectivity index (χ0n) is 15.4. The van der Waals surface area contributed by atoms with Crippen LogP contribution in [0.5, 0.6) is 11.6 Å². The predicted octanol–water partition coefficient (Wildman–Crippen LogP) is 3.65. The molecule has 7 nitrogen and oxygen atoms in total. The molecule has 0 saturated carbocycles. The second-order valence-corrected chi connectivity index (χ2v) is 6.02. The molecule has 28 heavy (non-hydrogen) atoms. The molecule has 2 aromatic heterocycles. The van der Waals surface area contributed by atoms with E-state index in [1.54, 1.807) is 6.20 Å². The average molecular weight is 373 g/mol. The Balaban J connectivity index is 1.72. The Kier molecular flexibility index (Phi) is 4.97. The van der Waals surface area contributed by atoms with Crippen molar-refractivity contribution in [2.24, 2.45) is 0 Å². The van der Waals surface area contributed by atoms with Crippen LogP contribution in [0.25, 0.3) is 22.4 Å². The molecule has 2 heterocycles. The van der Waals surface area contributed by atoms with Crippen molar-refractivity contribution in [3.63, 3.8) is 0 Å². The van der Waals surface area contributed by atoms with E-state index < -0.39 is 0 Å². The molecular formula is C21H19N5O2. The van der Waals surface area contributed by atoms with E-state index in [9.17, 15) is 0 Å². The number of benzene rings is 2. The molecule has 0 spiro atoms. The molecule has 2 N–H and O–H groups in total. The van der Waals surface area contributed by atoms with Crippen molar-refractivity contribution >= 4 is 17.1 Å². The number of fused-ring (bicyclic) bond motifs is 1. The van der Waals surface area contributed by atoms with Gasteiger partial charge in [0, 0.05) is 5.56 Å². The summed E-state index contributed by atoms with van der Waals surface area (Å²) in [6.45, 7) is 2.77. The van der Waals surface area contributed by atoms with Crippen molar-refractivity contribution in [3.05, 3.63) is 66.4 Å². The molecule has 0 fully saturated rings. The fourth-order valence-electron chi connectivity index (χ4n) is 2.81. The number of ether oxygens (including phenoxy) is 2. The average Bonchev–Trinajstić information content (AvgIpc) is 2.73. The van der Waals surface area contributed by atoms with Crippen LogP contribution in [-0.2, 0) is 6.61 Å². The third kappa shape index (κ3) is 3.68. The summed E-state index contributed by atoms with van der Waals surface area (Å²) in [6, 6.07) is 17.7. The van der Waals surface area contributed by atoms with Crippen LogP contribution < -0.4 is 15.2 Å². The molecule has 4 rings (SSSR count). The fraction of sp³-hybridized carbons (Fsp3) is 0.143. The number of anilines is 1. The zero-order chi connectivity index (χ0) is 19.3. The Morgan fingerprint density at radius 3 is 2.50 bits per heavy atom. The lowest BCUT2D eigenvalue weighted by Crippen LogP contribution is -2.04. The maximum absolute atomic E-state index is 6.04. The summed E-state index contributed by atoms with van der Waals surface area (Å²) in [7, 11) is 0. The summed E-state index contributed by atoms with van der Waals surface area (Å²) < 4.78 is 11.6. The quantitative estimate of drug-likeness (QED) is 0.551. The summed E-state index contributed by atoms with van der Waals surface area (Å²) in [6.07, 6.45) is 1.65. The predicted molar refractivity (Wildman–Crippen MR) is 107 cm³/mol. The van der Waals surface area contributed by atoms with Crippen LogP contribution in [0, 0.1) is 0 Å². The van der Waals surface area contributed by atoms with Gasteiger partial charge in [-0.3, -0.25) is 0 Å². The van der Waals surface area contributed by atoms with E-state index in [1.165, 1.54) is 0 Å². The Labute approximate surface area is 162 Å².